The van der Waals surface area contributed by atoms with E-state index in [2.05, 4.69) is 24.1 Å². The van der Waals surface area contributed by atoms with Gasteiger partial charge in [-0.2, -0.15) is 0 Å². The summed E-state index contributed by atoms with van der Waals surface area (Å²) >= 11 is 1.48. The van der Waals surface area contributed by atoms with Crippen LogP contribution in [-0.2, 0) is 9.53 Å². The second-order valence-corrected chi connectivity index (χ2v) is 5.28. The van der Waals surface area contributed by atoms with Crippen molar-refractivity contribution in [2.24, 2.45) is 5.92 Å². The Morgan fingerprint density at radius 2 is 2.38 bits per heavy atom. The number of hydrogen-bond acceptors (Lipinski definition) is 4. The van der Waals surface area contributed by atoms with E-state index in [0.717, 1.165) is 4.88 Å². The first-order chi connectivity index (χ1) is 7.58. The number of aryl methyl sites for hydroxylation is 1. The van der Waals surface area contributed by atoms with Gasteiger partial charge < -0.3 is 10.1 Å². The molecule has 0 radical (unpaired) electrons. The number of nitrogens with one attached hydrogen (secondary N) is 1. The Kier molecular flexibility index (Phi) is 5.42. The topological polar surface area (TPSA) is 51.2 Å². The first-order valence-electron chi connectivity index (χ1n) is 5.38. The molecule has 0 fully saturated rings. The summed E-state index contributed by atoms with van der Waals surface area (Å²) in [7, 11) is 0. The van der Waals surface area contributed by atoms with Gasteiger partial charge in [0.05, 0.1) is 13.0 Å². The molecule has 0 aliphatic rings. The number of nitrogens with zero attached hydrogens (tertiary/aromatic N) is 1. The van der Waals surface area contributed by atoms with Gasteiger partial charge in [0.15, 0.2) is 5.13 Å². The van der Waals surface area contributed by atoms with Gasteiger partial charge in [-0.1, -0.05) is 13.8 Å². The zero-order valence-electron chi connectivity index (χ0n) is 9.95. The highest BCUT2D eigenvalue weighted by Crippen LogP contribution is 2.16. The molecule has 16 heavy (non-hydrogen) atoms. The van der Waals surface area contributed by atoms with Crippen molar-refractivity contribution in [3.8, 4) is 0 Å². The molecule has 0 saturated carbocycles. The minimum atomic E-state index is -0.0434. The minimum absolute atomic E-state index is 0.0434. The lowest BCUT2D eigenvalue weighted by atomic mass is 10.2. The minimum Gasteiger partial charge on any atom is -0.381 e. The predicted molar refractivity (Wildman–Crippen MR) is 65.8 cm³/mol. The van der Waals surface area contributed by atoms with Gasteiger partial charge in [-0.05, 0) is 12.8 Å². The average Bonchev–Trinajstić information content (AvgIpc) is 2.58. The second kappa shape index (κ2) is 6.60. The standard InChI is InChI=1S/C11H18N2O2S/c1-8(2)7-15-5-4-10(14)13-11-12-6-9(3)16-11/h6,8H,4-5,7H2,1-3H3,(H,12,13,14). The lowest BCUT2D eigenvalue weighted by Gasteiger charge is -2.06. The van der Waals surface area contributed by atoms with Crippen molar-refractivity contribution in [3.05, 3.63) is 11.1 Å². The molecule has 5 heteroatoms. The number of carbonyl (C=O) groups excluding carboxylic acids is 1. The van der Waals surface area contributed by atoms with E-state index in [-0.39, 0.29) is 5.91 Å². The number of aromatic nitrogens is 1. The van der Waals surface area contributed by atoms with Crippen molar-refractivity contribution < 1.29 is 9.53 Å². The molecule has 0 bridgehead atoms. The summed E-state index contributed by atoms with van der Waals surface area (Å²) in [5.74, 6) is 0.461. The SMILES string of the molecule is Cc1cnc(NC(=O)CCOCC(C)C)s1. The molecule has 1 amide bonds. The molecular weight excluding hydrogens is 224 g/mol. The van der Waals surface area contributed by atoms with Crippen LogP contribution in [0.4, 0.5) is 5.13 Å². The van der Waals surface area contributed by atoms with Crippen molar-refractivity contribution >= 4 is 22.4 Å². The van der Waals surface area contributed by atoms with Gasteiger partial charge in [0.25, 0.3) is 0 Å². The molecule has 90 valence electrons. The van der Waals surface area contributed by atoms with Gasteiger partial charge >= 0.3 is 0 Å². The number of thiazole rings is 1. The third-order valence-corrected chi connectivity index (χ3v) is 2.62. The van der Waals surface area contributed by atoms with Crippen LogP contribution >= 0.6 is 11.3 Å². The van der Waals surface area contributed by atoms with Crippen LogP contribution in [0.3, 0.4) is 0 Å². The van der Waals surface area contributed by atoms with Gasteiger partial charge in [-0.25, -0.2) is 4.98 Å². The Bertz CT molecular complexity index is 336. The van der Waals surface area contributed by atoms with E-state index >= 15 is 0 Å². The van der Waals surface area contributed by atoms with Crippen LogP contribution in [0.15, 0.2) is 6.20 Å². The first-order valence-corrected chi connectivity index (χ1v) is 6.19. The molecule has 1 aromatic rings. The molecule has 0 aliphatic heterocycles. The van der Waals surface area contributed by atoms with Crippen molar-refractivity contribution in [2.45, 2.75) is 27.2 Å². The fraction of sp³-hybridized carbons (Fsp3) is 0.636. The molecule has 0 atom stereocenters. The van der Waals surface area contributed by atoms with Crippen LogP contribution in [-0.4, -0.2) is 24.1 Å². The molecular formula is C11H18N2O2S. The third-order valence-electron chi connectivity index (χ3n) is 1.79. The summed E-state index contributed by atoms with van der Waals surface area (Å²) in [5.41, 5.74) is 0. The van der Waals surface area contributed by atoms with E-state index in [1.165, 1.54) is 11.3 Å². The summed E-state index contributed by atoms with van der Waals surface area (Å²) in [5, 5.41) is 3.40. The summed E-state index contributed by atoms with van der Waals surface area (Å²) in [4.78, 5) is 16.6. The van der Waals surface area contributed by atoms with Crippen LogP contribution in [0.25, 0.3) is 0 Å². The number of rotatable bonds is 6. The second-order valence-electron chi connectivity index (χ2n) is 4.04. The highest BCUT2D eigenvalue weighted by molar-refractivity contribution is 7.15. The van der Waals surface area contributed by atoms with Crippen LogP contribution in [0.1, 0.15) is 25.1 Å². The third kappa shape index (κ3) is 5.23. The van der Waals surface area contributed by atoms with Crippen LogP contribution < -0.4 is 5.32 Å². The smallest absolute Gasteiger partial charge is 0.228 e. The van der Waals surface area contributed by atoms with E-state index in [9.17, 15) is 4.79 Å². The summed E-state index contributed by atoms with van der Waals surface area (Å²) in [6, 6.07) is 0. The molecule has 0 unspecified atom stereocenters. The van der Waals surface area contributed by atoms with Crippen LogP contribution in [0.2, 0.25) is 0 Å². The van der Waals surface area contributed by atoms with Gasteiger partial charge in [0, 0.05) is 17.7 Å². The Labute approximate surface area is 100 Å². The lowest BCUT2D eigenvalue weighted by molar-refractivity contribution is -0.117. The highest BCUT2D eigenvalue weighted by Gasteiger charge is 2.05. The number of carbonyl (C=O) groups is 1. The summed E-state index contributed by atoms with van der Waals surface area (Å²) in [6.07, 6.45) is 2.13. The monoisotopic (exact) mass is 242 g/mol. The van der Waals surface area contributed by atoms with Crippen LogP contribution in [0, 0.1) is 12.8 Å². The number of anilines is 1. The summed E-state index contributed by atoms with van der Waals surface area (Å²) in [6.45, 7) is 7.29. The molecule has 0 aliphatic carbocycles. The van der Waals surface area contributed by atoms with E-state index in [0.29, 0.717) is 30.7 Å². The quantitative estimate of drug-likeness (QED) is 0.780. The van der Waals surface area contributed by atoms with E-state index in [1.54, 1.807) is 6.20 Å². The van der Waals surface area contributed by atoms with Gasteiger partial charge in [-0.15, -0.1) is 11.3 Å². The normalized spacial score (nSPS) is 10.8. The summed E-state index contributed by atoms with van der Waals surface area (Å²) < 4.78 is 5.33. The van der Waals surface area contributed by atoms with Gasteiger partial charge in [0.2, 0.25) is 5.91 Å². The Morgan fingerprint density at radius 3 is 2.94 bits per heavy atom. The zero-order chi connectivity index (χ0) is 12.0. The molecule has 1 aromatic heterocycles. The number of ether oxygens (including phenoxy) is 1. The van der Waals surface area contributed by atoms with Crippen molar-refractivity contribution in [1.82, 2.24) is 4.98 Å². The van der Waals surface area contributed by atoms with Gasteiger partial charge in [0.1, 0.15) is 0 Å². The van der Waals surface area contributed by atoms with E-state index in [4.69, 9.17) is 4.74 Å². The lowest BCUT2D eigenvalue weighted by Crippen LogP contribution is -2.15. The maximum Gasteiger partial charge on any atom is 0.228 e. The highest BCUT2D eigenvalue weighted by atomic mass is 32.1. The Balaban J connectivity index is 2.16. The average molecular weight is 242 g/mol. The van der Waals surface area contributed by atoms with Crippen molar-refractivity contribution in [1.29, 1.82) is 0 Å². The molecule has 1 rings (SSSR count). The van der Waals surface area contributed by atoms with Crippen molar-refractivity contribution in [2.75, 3.05) is 18.5 Å². The Hall–Kier alpha value is -0.940. The molecule has 0 spiro atoms. The number of hydrogen-bond donors (Lipinski definition) is 1. The van der Waals surface area contributed by atoms with E-state index in [1.807, 2.05) is 6.92 Å². The predicted octanol–water partition coefficient (Wildman–Crippen LogP) is 2.45. The molecule has 4 nitrogen and oxygen atoms in total. The van der Waals surface area contributed by atoms with Crippen molar-refractivity contribution in [3.63, 3.8) is 0 Å². The zero-order valence-corrected chi connectivity index (χ0v) is 10.8. The Morgan fingerprint density at radius 1 is 1.62 bits per heavy atom. The van der Waals surface area contributed by atoms with E-state index < -0.39 is 0 Å². The maximum absolute atomic E-state index is 11.4. The van der Waals surface area contributed by atoms with Crippen LogP contribution in [0.5, 0.6) is 0 Å². The maximum atomic E-state index is 11.4. The fourth-order valence-corrected chi connectivity index (χ4v) is 1.76. The number of amides is 1. The molecule has 1 heterocycles. The first kappa shape index (κ1) is 13.1. The molecule has 1 N–H and O–H groups in total. The largest absolute Gasteiger partial charge is 0.381 e. The van der Waals surface area contributed by atoms with Gasteiger partial charge in [-0.3, -0.25) is 4.79 Å². The fourth-order valence-electron chi connectivity index (χ4n) is 1.08. The molecule has 0 aromatic carbocycles. The molecule has 0 saturated heterocycles.